The molecule has 1 aromatic rings. The predicted octanol–water partition coefficient (Wildman–Crippen LogP) is 2.23. The lowest BCUT2D eigenvalue weighted by atomic mass is 9.73. The van der Waals surface area contributed by atoms with E-state index in [1.807, 2.05) is 0 Å². The van der Waals surface area contributed by atoms with Crippen LogP contribution in [0.15, 0.2) is 17.0 Å². The van der Waals surface area contributed by atoms with Gasteiger partial charge in [-0.15, -0.1) is 0 Å². The molecule has 1 aromatic heterocycles. The molecule has 10 heteroatoms. The number of aryl methyl sites for hydroxylation is 1. The molecule has 0 bridgehead atoms. The van der Waals surface area contributed by atoms with E-state index < -0.39 is 27.1 Å². The minimum Gasteiger partial charge on any atom is -0.378 e. The number of rotatable bonds is 4. The number of halogens is 3. The molecule has 3 aliphatic rings. The van der Waals surface area contributed by atoms with E-state index in [1.165, 1.54) is 6.92 Å². The minimum absolute atomic E-state index is 0.115. The summed E-state index contributed by atoms with van der Waals surface area (Å²) in [5, 5.41) is 2.22. The molecule has 0 radical (unpaired) electrons. The van der Waals surface area contributed by atoms with Gasteiger partial charge in [-0.05, 0) is 44.7 Å². The Bertz CT molecular complexity index is 884. The maximum atomic E-state index is 13.1. The van der Waals surface area contributed by atoms with Crippen LogP contribution in [0.4, 0.5) is 13.2 Å². The van der Waals surface area contributed by atoms with Gasteiger partial charge in [-0.2, -0.15) is 13.2 Å². The van der Waals surface area contributed by atoms with Gasteiger partial charge in [-0.1, -0.05) is 0 Å². The molecule has 1 spiro atoms. The van der Waals surface area contributed by atoms with Gasteiger partial charge in [0.1, 0.15) is 11.1 Å². The predicted molar refractivity (Wildman–Crippen MR) is 100.0 cm³/mol. The summed E-state index contributed by atoms with van der Waals surface area (Å²) in [6.45, 7) is 7.05. The molecule has 1 N–H and O–H groups in total. The molecular formula is C19H26F3N3O3S. The summed E-state index contributed by atoms with van der Waals surface area (Å²) in [7, 11) is -3.82. The zero-order chi connectivity index (χ0) is 21.0. The van der Waals surface area contributed by atoms with Crippen LogP contribution in [0.25, 0.3) is 0 Å². The zero-order valence-electron chi connectivity index (χ0n) is 16.5. The highest BCUT2D eigenvalue weighted by molar-refractivity contribution is 7.92. The molecule has 3 unspecified atom stereocenters. The zero-order valence-corrected chi connectivity index (χ0v) is 17.3. The maximum absolute atomic E-state index is 13.1. The van der Waals surface area contributed by atoms with Gasteiger partial charge in [-0.3, -0.25) is 5.32 Å². The first-order chi connectivity index (χ1) is 13.5. The van der Waals surface area contributed by atoms with Crippen molar-refractivity contribution in [2.45, 2.75) is 49.2 Å². The quantitative estimate of drug-likeness (QED) is 0.785. The number of aromatic nitrogens is 1. The summed E-state index contributed by atoms with van der Waals surface area (Å²) in [4.78, 5) is 5.64. The van der Waals surface area contributed by atoms with Gasteiger partial charge < -0.3 is 9.64 Å². The molecule has 0 aliphatic carbocycles. The van der Waals surface area contributed by atoms with E-state index in [0.717, 1.165) is 38.1 Å². The van der Waals surface area contributed by atoms with Gasteiger partial charge in [0.25, 0.3) is 0 Å². The molecule has 29 heavy (non-hydrogen) atoms. The number of alkyl halides is 3. The standard InChI is InChI=1S/C19H26F3N3O3S/c1-12-7-14(5-6-28-12)8-25-10-18(11-25)9-23-17(18)29(26,27)15-3-4-16(19(20,21)22)24-13(15)2/h3-4,12,14,17,23H,5-11H2,1-2H3. The van der Waals surface area contributed by atoms with Crippen LogP contribution in [0.3, 0.4) is 0 Å². The molecule has 0 saturated carbocycles. The Hall–Kier alpha value is -1.23. The molecule has 3 atom stereocenters. The lowest BCUT2D eigenvalue weighted by Crippen LogP contribution is -2.78. The van der Waals surface area contributed by atoms with Gasteiger partial charge in [0.15, 0.2) is 9.84 Å². The highest BCUT2D eigenvalue weighted by Crippen LogP contribution is 2.44. The molecule has 3 fully saturated rings. The Morgan fingerprint density at radius 2 is 2.07 bits per heavy atom. The highest BCUT2D eigenvalue weighted by atomic mass is 32.2. The molecule has 162 valence electrons. The summed E-state index contributed by atoms with van der Waals surface area (Å²) in [6, 6.07) is 1.78. The minimum atomic E-state index is -4.60. The van der Waals surface area contributed by atoms with Crippen molar-refractivity contribution < 1.29 is 26.3 Å². The van der Waals surface area contributed by atoms with E-state index >= 15 is 0 Å². The van der Waals surface area contributed by atoms with E-state index in [1.54, 1.807) is 0 Å². The number of pyridine rings is 1. The van der Waals surface area contributed by atoms with Crippen LogP contribution in [0.2, 0.25) is 0 Å². The van der Waals surface area contributed by atoms with Gasteiger partial charge >= 0.3 is 6.18 Å². The largest absolute Gasteiger partial charge is 0.433 e. The monoisotopic (exact) mass is 433 g/mol. The van der Waals surface area contributed by atoms with Crippen LogP contribution in [0, 0.1) is 18.3 Å². The van der Waals surface area contributed by atoms with Gasteiger partial charge in [0.05, 0.1) is 16.7 Å². The molecule has 6 nitrogen and oxygen atoms in total. The third-order valence-electron chi connectivity index (χ3n) is 6.33. The van der Waals surface area contributed by atoms with Gasteiger partial charge in [0.2, 0.25) is 0 Å². The van der Waals surface area contributed by atoms with Crippen LogP contribution in [0.1, 0.15) is 31.2 Å². The third kappa shape index (κ3) is 3.80. The number of hydrogen-bond acceptors (Lipinski definition) is 6. The fourth-order valence-corrected chi connectivity index (χ4v) is 7.08. The number of sulfone groups is 1. The Labute approximate surface area is 168 Å². The molecule has 4 rings (SSSR count). The first kappa shape index (κ1) is 21.0. The van der Waals surface area contributed by atoms with Crippen molar-refractivity contribution in [3.8, 4) is 0 Å². The fourth-order valence-electron chi connectivity index (χ4n) is 4.92. The van der Waals surface area contributed by atoms with Gasteiger partial charge in [0, 0.05) is 38.2 Å². The summed E-state index contributed by atoms with van der Waals surface area (Å²) < 4.78 is 70.4. The average molecular weight is 433 g/mol. The van der Waals surface area contributed by atoms with Crippen molar-refractivity contribution >= 4 is 9.84 Å². The van der Waals surface area contributed by atoms with Gasteiger partial charge in [-0.25, -0.2) is 13.4 Å². The molecule has 3 saturated heterocycles. The van der Waals surface area contributed by atoms with Crippen molar-refractivity contribution in [2.24, 2.45) is 11.3 Å². The highest BCUT2D eigenvalue weighted by Gasteiger charge is 2.60. The Balaban J connectivity index is 1.44. The maximum Gasteiger partial charge on any atom is 0.433 e. The number of nitrogens with zero attached hydrogens (tertiary/aromatic N) is 2. The number of hydrogen-bond donors (Lipinski definition) is 1. The first-order valence-corrected chi connectivity index (χ1v) is 11.4. The van der Waals surface area contributed by atoms with Crippen LogP contribution in [-0.4, -0.2) is 62.6 Å². The van der Waals surface area contributed by atoms with Crippen molar-refractivity contribution in [1.29, 1.82) is 0 Å². The van der Waals surface area contributed by atoms with E-state index in [2.05, 4.69) is 22.1 Å². The second kappa shape index (κ2) is 7.18. The number of nitrogens with one attached hydrogen (secondary N) is 1. The van der Waals surface area contributed by atoms with Crippen molar-refractivity contribution in [3.05, 3.63) is 23.5 Å². The normalized spacial score (nSPS) is 30.0. The van der Waals surface area contributed by atoms with E-state index in [0.29, 0.717) is 25.6 Å². The summed E-state index contributed by atoms with van der Waals surface area (Å²) in [5.74, 6) is 0.556. The van der Waals surface area contributed by atoms with E-state index in [-0.39, 0.29) is 22.1 Å². The van der Waals surface area contributed by atoms with Crippen molar-refractivity contribution in [1.82, 2.24) is 15.2 Å². The summed E-state index contributed by atoms with van der Waals surface area (Å²) in [6.07, 6.45) is -2.30. The van der Waals surface area contributed by atoms with Crippen molar-refractivity contribution in [3.63, 3.8) is 0 Å². The summed E-state index contributed by atoms with van der Waals surface area (Å²) >= 11 is 0. The smallest absolute Gasteiger partial charge is 0.378 e. The second-order valence-electron chi connectivity index (χ2n) is 8.69. The van der Waals surface area contributed by atoms with Crippen LogP contribution in [0.5, 0.6) is 0 Å². The Morgan fingerprint density at radius 1 is 1.34 bits per heavy atom. The molecule has 3 aliphatic heterocycles. The van der Waals surface area contributed by atoms with E-state index in [4.69, 9.17) is 4.74 Å². The van der Waals surface area contributed by atoms with Crippen LogP contribution >= 0.6 is 0 Å². The SMILES string of the molecule is Cc1nc(C(F)(F)F)ccc1S(=O)(=O)C1NCC12CN(CC1CCOC(C)C1)C2. The first-order valence-electron chi connectivity index (χ1n) is 9.87. The molecule has 4 heterocycles. The third-order valence-corrected chi connectivity index (χ3v) is 8.66. The average Bonchev–Trinajstić information content (AvgIpc) is 2.55. The number of ether oxygens (including phenoxy) is 1. The Morgan fingerprint density at radius 3 is 2.62 bits per heavy atom. The Kier molecular flexibility index (Phi) is 5.20. The molecular weight excluding hydrogens is 407 g/mol. The fraction of sp³-hybridized carbons (Fsp3) is 0.737. The second-order valence-corrected chi connectivity index (χ2v) is 10.7. The summed E-state index contributed by atoms with van der Waals surface area (Å²) in [5.41, 5.74) is -1.56. The number of likely N-dealkylation sites (tertiary alicyclic amines) is 1. The molecule has 0 amide bonds. The van der Waals surface area contributed by atoms with Crippen molar-refractivity contribution in [2.75, 3.05) is 32.8 Å². The lowest BCUT2D eigenvalue weighted by molar-refractivity contribution is -0.141. The topological polar surface area (TPSA) is 71.5 Å². The molecule has 0 aromatic carbocycles. The van der Waals surface area contributed by atoms with Crippen LogP contribution < -0.4 is 5.32 Å². The van der Waals surface area contributed by atoms with Crippen LogP contribution in [-0.2, 0) is 20.8 Å². The lowest BCUT2D eigenvalue weighted by Gasteiger charge is -2.60. The van der Waals surface area contributed by atoms with E-state index in [9.17, 15) is 21.6 Å².